The molecular formula is C32H57NO2. The molecule has 0 heterocycles. The molecule has 1 rings (SSSR count). The number of carbonyl (C=O) groups excluding carboxylic acids is 1. The van der Waals surface area contributed by atoms with E-state index >= 15 is 0 Å². The van der Waals surface area contributed by atoms with E-state index in [-0.39, 0.29) is 12.1 Å². The maximum absolute atomic E-state index is 12.7. The van der Waals surface area contributed by atoms with E-state index in [9.17, 15) is 4.79 Å². The lowest BCUT2D eigenvalue weighted by Crippen LogP contribution is -2.36. The van der Waals surface area contributed by atoms with E-state index in [1.807, 2.05) is 30.3 Å². The fourth-order valence-electron chi connectivity index (χ4n) is 4.83. The van der Waals surface area contributed by atoms with Crippen molar-refractivity contribution in [2.24, 2.45) is 5.73 Å². The molecule has 0 saturated carbocycles. The van der Waals surface area contributed by atoms with E-state index in [4.69, 9.17) is 10.5 Å². The van der Waals surface area contributed by atoms with Crippen LogP contribution in [0.1, 0.15) is 148 Å². The topological polar surface area (TPSA) is 52.3 Å². The standard InChI is InChI=1S/C32H57NO2/c1-3-5-7-9-11-13-15-17-22-26-30(27-23-18-16-14-12-10-8-6-4-2)35-32(34)31(33)28-29-24-20-19-21-25-29/h19-21,24-25,30-31H,3-18,22-23,26-28,33H2,1-2H3/t31-/m0/s1. The second-order valence-electron chi connectivity index (χ2n) is 10.6. The molecule has 3 nitrogen and oxygen atoms in total. The molecule has 2 N–H and O–H groups in total. The summed E-state index contributed by atoms with van der Waals surface area (Å²) in [5.41, 5.74) is 7.30. The van der Waals surface area contributed by atoms with Crippen LogP contribution in [0.2, 0.25) is 0 Å². The van der Waals surface area contributed by atoms with Gasteiger partial charge in [0, 0.05) is 0 Å². The predicted octanol–water partition coefficient (Wildman–Crippen LogP) is 9.31. The average Bonchev–Trinajstić information content (AvgIpc) is 2.87. The molecule has 0 spiro atoms. The first kappa shape index (κ1) is 31.7. The lowest BCUT2D eigenvalue weighted by Gasteiger charge is -2.20. The first-order chi connectivity index (χ1) is 17.2. The first-order valence-electron chi connectivity index (χ1n) is 15.2. The lowest BCUT2D eigenvalue weighted by molar-refractivity contribution is -0.151. The normalized spacial score (nSPS) is 12.2. The summed E-state index contributed by atoms with van der Waals surface area (Å²) >= 11 is 0. The van der Waals surface area contributed by atoms with Crippen LogP contribution in [0, 0.1) is 0 Å². The summed E-state index contributed by atoms with van der Waals surface area (Å²) in [6.45, 7) is 4.54. The Morgan fingerprint density at radius 1 is 0.657 bits per heavy atom. The zero-order valence-electron chi connectivity index (χ0n) is 23.3. The summed E-state index contributed by atoms with van der Waals surface area (Å²) in [7, 11) is 0. The largest absolute Gasteiger partial charge is 0.461 e. The zero-order chi connectivity index (χ0) is 25.4. The smallest absolute Gasteiger partial charge is 0.323 e. The van der Waals surface area contributed by atoms with Gasteiger partial charge in [-0.25, -0.2) is 0 Å². The number of benzene rings is 1. The second kappa shape index (κ2) is 23.1. The number of rotatable bonds is 24. The SMILES string of the molecule is CCCCCCCCCCCC(CCCCCCCCCCC)OC(=O)[C@@H](N)Cc1ccccc1. The molecule has 0 aliphatic carbocycles. The van der Waals surface area contributed by atoms with Gasteiger partial charge in [0.15, 0.2) is 0 Å². The summed E-state index contributed by atoms with van der Waals surface area (Å²) in [5, 5.41) is 0. The molecular weight excluding hydrogens is 430 g/mol. The average molecular weight is 488 g/mol. The molecule has 1 atom stereocenters. The molecule has 0 fully saturated rings. The van der Waals surface area contributed by atoms with Gasteiger partial charge in [-0.3, -0.25) is 4.79 Å². The lowest BCUT2D eigenvalue weighted by atomic mass is 10.0. The van der Waals surface area contributed by atoms with Crippen molar-refractivity contribution in [3.8, 4) is 0 Å². The van der Waals surface area contributed by atoms with Crippen LogP contribution in [-0.2, 0) is 16.0 Å². The summed E-state index contributed by atoms with van der Waals surface area (Å²) < 4.78 is 5.96. The molecule has 0 aliphatic rings. The molecule has 1 aromatic rings. The number of ether oxygens (including phenoxy) is 1. The van der Waals surface area contributed by atoms with Crippen molar-refractivity contribution in [3.63, 3.8) is 0 Å². The van der Waals surface area contributed by atoms with Crippen LogP contribution in [0.5, 0.6) is 0 Å². The minimum atomic E-state index is -0.578. The Morgan fingerprint density at radius 2 is 1.06 bits per heavy atom. The Balaban J connectivity index is 2.32. The minimum Gasteiger partial charge on any atom is -0.461 e. The van der Waals surface area contributed by atoms with Crippen molar-refractivity contribution in [2.75, 3.05) is 0 Å². The Labute approximate surface area is 218 Å². The van der Waals surface area contributed by atoms with E-state index in [0.717, 1.165) is 31.2 Å². The summed E-state index contributed by atoms with van der Waals surface area (Å²) in [6, 6.07) is 9.43. The van der Waals surface area contributed by atoms with Crippen LogP contribution in [-0.4, -0.2) is 18.1 Å². The van der Waals surface area contributed by atoms with Gasteiger partial charge >= 0.3 is 5.97 Å². The van der Waals surface area contributed by atoms with E-state index in [1.54, 1.807) is 0 Å². The predicted molar refractivity (Wildman–Crippen MR) is 152 cm³/mol. The fraction of sp³-hybridized carbons (Fsp3) is 0.781. The summed E-state index contributed by atoms with van der Waals surface area (Å²) in [4.78, 5) is 12.7. The third-order valence-corrected chi connectivity index (χ3v) is 7.14. The Bertz CT molecular complexity index is 566. The molecule has 3 heteroatoms. The van der Waals surface area contributed by atoms with Gasteiger partial charge in [-0.05, 0) is 37.7 Å². The van der Waals surface area contributed by atoms with Gasteiger partial charge in [0.05, 0.1) is 0 Å². The van der Waals surface area contributed by atoms with Gasteiger partial charge in [-0.1, -0.05) is 147 Å². The Morgan fingerprint density at radius 3 is 1.49 bits per heavy atom. The van der Waals surface area contributed by atoms with Crippen molar-refractivity contribution < 1.29 is 9.53 Å². The summed E-state index contributed by atoms with van der Waals surface area (Å²) in [5.74, 6) is -0.231. The molecule has 35 heavy (non-hydrogen) atoms. The van der Waals surface area contributed by atoms with Gasteiger partial charge in [-0.2, -0.15) is 0 Å². The van der Waals surface area contributed by atoms with Crippen LogP contribution in [0.25, 0.3) is 0 Å². The molecule has 202 valence electrons. The van der Waals surface area contributed by atoms with Gasteiger partial charge in [0.2, 0.25) is 0 Å². The molecule has 0 aromatic heterocycles. The number of unbranched alkanes of at least 4 members (excludes halogenated alkanes) is 16. The van der Waals surface area contributed by atoms with Crippen LogP contribution in [0.4, 0.5) is 0 Å². The number of esters is 1. The highest BCUT2D eigenvalue weighted by molar-refractivity contribution is 5.76. The van der Waals surface area contributed by atoms with Crippen molar-refractivity contribution in [1.29, 1.82) is 0 Å². The van der Waals surface area contributed by atoms with Gasteiger partial charge in [0.25, 0.3) is 0 Å². The minimum absolute atomic E-state index is 0.0263. The van der Waals surface area contributed by atoms with E-state index in [0.29, 0.717) is 6.42 Å². The highest BCUT2D eigenvalue weighted by Crippen LogP contribution is 2.18. The monoisotopic (exact) mass is 487 g/mol. The maximum atomic E-state index is 12.7. The number of hydrogen-bond donors (Lipinski definition) is 1. The molecule has 0 amide bonds. The Kier molecular flexibility index (Phi) is 20.9. The highest BCUT2D eigenvalue weighted by atomic mass is 16.5. The van der Waals surface area contributed by atoms with E-state index < -0.39 is 6.04 Å². The molecule has 0 saturated heterocycles. The maximum Gasteiger partial charge on any atom is 0.323 e. The number of hydrogen-bond acceptors (Lipinski definition) is 3. The molecule has 0 unspecified atom stereocenters. The third-order valence-electron chi connectivity index (χ3n) is 7.14. The molecule has 0 radical (unpaired) electrons. The van der Waals surface area contributed by atoms with Crippen LogP contribution >= 0.6 is 0 Å². The summed E-state index contributed by atoms with van der Waals surface area (Å²) in [6.07, 6.45) is 26.3. The van der Waals surface area contributed by atoms with Gasteiger partial charge in [0.1, 0.15) is 12.1 Å². The second-order valence-corrected chi connectivity index (χ2v) is 10.6. The van der Waals surface area contributed by atoms with E-state index in [1.165, 1.54) is 103 Å². The molecule has 0 bridgehead atoms. The number of carbonyl (C=O) groups is 1. The zero-order valence-corrected chi connectivity index (χ0v) is 23.3. The van der Waals surface area contributed by atoms with Gasteiger partial charge in [-0.15, -0.1) is 0 Å². The molecule has 1 aromatic carbocycles. The Hall–Kier alpha value is -1.35. The third kappa shape index (κ3) is 18.6. The van der Waals surface area contributed by atoms with Crippen LogP contribution in [0.3, 0.4) is 0 Å². The first-order valence-corrected chi connectivity index (χ1v) is 15.2. The van der Waals surface area contributed by atoms with Crippen LogP contribution < -0.4 is 5.73 Å². The van der Waals surface area contributed by atoms with E-state index in [2.05, 4.69) is 13.8 Å². The van der Waals surface area contributed by atoms with Crippen LogP contribution in [0.15, 0.2) is 30.3 Å². The highest BCUT2D eigenvalue weighted by Gasteiger charge is 2.20. The number of nitrogens with two attached hydrogens (primary N) is 1. The van der Waals surface area contributed by atoms with Crippen molar-refractivity contribution >= 4 is 5.97 Å². The quantitative estimate of drug-likeness (QED) is 0.117. The fourth-order valence-corrected chi connectivity index (χ4v) is 4.83. The van der Waals surface area contributed by atoms with Crippen molar-refractivity contribution in [2.45, 2.75) is 161 Å². The van der Waals surface area contributed by atoms with Crippen molar-refractivity contribution in [3.05, 3.63) is 35.9 Å². The molecule has 0 aliphatic heterocycles. The van der Waals surface area contributed by atoms with Crippen molar-refractivity contribution in [1.82, 2.24) is 0 Å². The van der Waals surface area contributed by atoms with Gasteiger partial charge < -0.3 is 10.5 Å².